The Kier molecular flexibility index (Phi) is 4.04. The maximum Gasteiger partial charge on any atom is 0.569 e. The summed E-state index contributed by atoms with van der Waals surface area (Å²) in [5.41, 5.74) is 7.89. The van der Waals surface area contributed by atoms with Gasteiger partial charge in [0.2, 0.25) is 0 Å². The van der Waals surface area contributed by atoms with E-state index < -0.39 is 0 Å². The van der Waals surface area contributed by atoms with Gasteiger partial charge >= 0.3 is 7.69 Å². The summed E-state index contributed by atoms with van der Waals surface area (Å²) in [6.07, 6.45) is 0. The normalized spacial score (nSPS) is 13.9. The monoisotopic (exact) mass is 419 g/mol. The Balaban J connectivity index is 1.58. The van der Waals surface area contributed by atoms with Crippen LogP contribution in [0.25, 0.3) is 42.4 Å². The average Bonchev–Trinajstić information content (AvgIpc) is 3.28. The molecule has 5 aromatic rings. The van der Waals surface area contributed by atoms with Crippen molar-refractivity contribution in [1.29, 1.82) is 0 Å². The lowest BCUT2D eigenvalue weighted by molar-refractivity contribution is 0.457. The first kappa shape index (κ1) is 18.7. The lowest BCUT2D eigenvalue weighted by atomic mass is 9.81. The molecule has 0 saturated heterocycles. The van der Waals surface area contributed by atoms with Crippen LogP contribution in [0.5, 0.6) is 5.75 Å². The molecule has 2 nitrogen and oxygen atoms in total. The number of rotatable bonds is 3. The SMILES string of the molecule is CC1(C)c2ccccc2-c2ccc(-c3cccc4c3sc3c(O[B]O)cccc34)cc21. The fourth-order valence-electron chi connectivity index (χ4n) is 5.04. The van der Waals surface area contributed by atoms with Gasteiger partial charge in [0.25, 0.3) is 0 Å². The second-order valence-corrected chi connectivity index (χ2v) is 9.59. The first-order valence-electron chi connectivity index (χ1n) is 10.4. The molecule has 1 heterocycles. The molecule has 31 heavy (non-hydrogen) atoms. The van der Waals surface area contributed by atoms with Crippen molar-refractivity contribution in [2.45, 2.75) is 19.3 Å². The molecule has 0 spiro atoms. The molecule has 4 aromatic carbocycles. The van der Waals surface area contributed by atoms with E-state index in [1.807, 2.05) is 12.1 Å². The van der Waals surface area contributed by atoms with Crippen LogP contribution in [-0.4, -0.2) is 12.7 Å². The van der Waals surface area contributed by atoms with Gasteiger partial charge in [0.05, 0.1) is 4.70 Å². The minimum Gasteiger partial charge on any atom is -0.536 e. The van der Waals surface area contributed by atoms with Crippen LogP contribution in [0.1, 0.15) is 25.0 Å². The van der Waals surface area contributed by atoms with Crippen molar-refractivity contribution >= 4 is 39.2 Å². The van der Waals surface area contributed by atoms with Crippen molar-refractivity contribution in [2.75, 3.05) is 0 Å². The molecule has 4 heteroatoms. The van der Waals surface area contributed by atoms with E-state index in [9.17, 15) is 0 Å². The Bertz CT molecular complexity index is 1480. The van der Waals surface area contributed by atoms with Crippen LogP contribution in [0.15, 0.2) is 78.9 Å². The van der Waals surface area contributed by atoms with Crippen LogP contribution < -0.4 is 4.65 Å². The molecule has 1 aliphatic carbocycles. The molecule has 1 aliphatic rings. The largest absolute Gasteiger partial charge is 0.569 e. The van der Waals surface area contributed by atoms with Crippen molar-refractivity contribution in [2.24, 2.45) is 0 Å². The van der Waals surface area contributed by atoms with Crippen molar-refractivity contribution < 1.29 is 9.68 Å². The van der Waals surface area contributed by atoms with Gasteiger partial charge in [0, 0.05) is 20.9 Å². The van der Waals surface area contributed by atoms with Crippen LogP contribution in [0.4, 0.5) is 0 Å². The fourth-order valence-corrected chi connectivity index (χ4v) is 6.34. The molecule has 0 saturated carbocycles. The molecule has 0 bridgehead atoms. The van der Waals surface area contributed by atoms with Gasteiger partial charge in [-0.2, -0.15) is 0 Å². The minimum absolute atomic E-state index is 0.0199. The summed E-state index contributed by atoms with van der Waals surface area (Å²) >= 11 is 1.71. The predicted molar refractivity (Wildman–Crippen MR) is 131 cm³/mol. The fraction of sp³-hybridized carbons (Fsp3) is 0.111. The lowest BCUT2D eigenvalue weighted by Crippen LogP contribution is -2.14. The molecular formula is C27H20BO2S. The topological polar surface area (TPSA) is 29.5 Å². The Morgan fingerprint density at radius 3 is 2.29 bits per heavy atom. The summed E-state index contributed by atoms with van der Waals surface area (Å²) in [7, 11) is 0.750. The van der Waals surface area contributed by atoms with Gasteiger partial charge in [0.15, 0.2) is 0 Å². The number of hydrogen-bond donors (Lipinski definition) is 1. The molecular weight excluding hydrogens is 399 g/mol. The third-order valence-corrected chi connectivity index (χ3v) is 7.83. The van der Waals surface area contributed by atoms with Gasteiger partial charge in [0.1, 0.15) is 5.75 Å². The Morgan fingerprint density at radius 1 is 0.742 bits per heavy atom. The summed E-state index contributed by atoms with van der Waals surface area (Å²) in [5.74, 6) is 0.678. The van der Waals surface area contributed by atoms with Crippen LogP contribution in [0.3, 0.4) is 0 Å². The predicted octanol–water partition coefficient (Wildman–Crippen LogP) is 6.93. The molecule has 1 N–H and O–H groups in total. The minimum atomic E-state index is -0.0199. The van der Waals surface area contributed by atoms with Crippen LogP contribution >= 0.6 is 11.3 Å². The average molecular weight is 419 g/mol. The maximum absolute atomic E-state index is 9.16. The summed E-state index contributed by atoms with van der Waals surface area (Å²) in [6, 6.07) is 28.1. The molecule has 0 unspecified atom stereocenters. The molecule has 149 valence electrons. The Hall–Kier alpha value is -3.08. The van der Waals surface area contributed by atoms with Gasteiger partial charge in [-0.15, -0.1) is 11.3 Å². The molecule has 1 radical (unpaired) electrons. The number of hydrogen-bond acceptors (Lipinski definition) is 3. The van der Waals surface area contributed by atoms with E-state index in [1.54, 1.807) is 11.3 Å². The number of thiophene rings is 1. The van der Waals surface area contributed by atoms with E-state index in [-0.39, 0.29) is 5.41 Å². The Morgan fingerprint density at radius 2 is 1.45 bits per heavy atom. The van der Waals surface area contributed by atoms with Crippen molar-refractivity contribution in [3.63, 3.8) is 0 Å². The van der Waals surface area contributed by atoms with E-state index in [4.69, 9.17) is 9.68 Å². The molecule has 0 aliphatic heterocycles. The molecule has 6 rings (SSSR count). The first-order valence-corrected chi connectivity index (χ1v) is 11.2. The van der Waals surface area contributed by atoms with E-state index in [0.29, 0.717) is 5.75 Å². The first-order chi connectivity index (χ1) is 15.1. The van der Waals surface area contributed by atoms with Crippen LogP contribution in [0, 0.1) is 0 Å². The number of benzene rings is 4. The zero-order valence-corrected chi connectivity index (χ0v) is 18.2. The lowest BCUT2D eigenvalue weighted by Gasteiger charge is -2.22. The second kappa shape index (κ2) is 6.71. The summed E-state index contributed by atoms with van der Waals surface area (Å²) in [4.78, 5) is 0. The third-order valence-electron chi connectivity index (χ3n) is 6.56. The van der Waals surface area contributed by atoms with Gasteiger partial charge < -0.3 is 9.68 Å². The van der Waals surface area contributed by atoms with E-state index in [0.717, 1.165) is 17.8 Å². The van der Waals surface area contributed by atoms with Crippen molar-refractivity contribution in [1.82, 2.24) is 0 Å². The summed E-state index contributed by atoms with van der Waals surface area (Å²) in [6.45, 7) is 4.63. The van der Waals surface area contributed by atoms with Gasteiger partial charge in [-0.1, -0.05) is 80.6 Å². The Labute approximate surface area is 186 Å². The van der Waals surface area contributed by atoms with Gasteiger partial charge in [-0.25, -0.2) is 0 Å². The zero-order valence-electron chi connectivity index (χ0n) is 17.3. The van der Waals surface area contributed by atoms with E-state index in [2.05, 4.69) is 80.6 Å². The van der Waals surface area contributed by atoms with Gasteiger partial charge in [-0.05, 0) is 45.5 Å². The highest BCUT2D eigenvalue weighted by molar-refractivity contribution is 7.26. The van der Waals surface area contributed by atoms with Crippen LogP contribution in [0.2, 0.25) is 0 Å². The smallest absolute Gasteiger partial charge is 0.536 e. The van der Waals surface area contributed by atoms with E-state index >= 15 is 0 Å². The standard InChI is InChI=1S/C27H20BO2S/c1-27(2)22-11-4-3-7-18(22)19-14-13-16(15-23(19)27)17-8-5-9-20-21-10-6-12-24(30-28-29)26(21)31-25(17)20/h3-15,29H,1-2H3. The maximum atomic E-state index is 9.16. The zero-order chi connectivity index (χ0) is 21.2. The summed E-state index contributed by atoms with van der Waals surface area (Å²) < 4.78 is 7.64. The molecule has 0 amide bonds. The second-order valence-electron chi connectivity index (χ2n) is 8.57. The van der Waals surface area contributed by atoms with Crippen molar-refractivity contribution in [3.05, 3.63) is 90.0 Å². The van der Waals surface area contributed by atoms with E-state index in [1.165, 1.54) is 43.5 Å². The van der Waals surface area contributed by atoms with Gasteiger partial charge in [-0.3, -0.25) is 0 Å². The molecule has 0 fully saturated rings. The van der Waals surface area contributed by atoms with Crippen molar-refractivity contribution in [3.8, 4) is 28.0 Å². The highest BCUT2D eigenvalue weighted by Gasteiger charge is 2.35. The van der Waals surface area contributed by atoms with Crippen LogP contribution in [-0.2, 0) is 5.41 Å². The quantitative estimate of drug-likeness (QED) is 0.321. The summed E-state index contributed by atoms with van der Waals surface area (Å²) in [5, 5.41) is 11.5. The highest BCUT2D eigenvalue weighted by atomic mass is 32.1. The highest BCUT2D eigenvalue weighted by Crippen LogP contribution is 2.50. The number of fused-ring (bicyclic) bond motifs is 6. The molecule has 1 aromatic heterocycles. The molecule has 0 atom stereocenters. The third kappa shape index (κ3) is 2.62.